The van der Waals surface area contributed by atoms with Crippen LogP contribution in [0.1, 0.15) is 23.6 Å². The molecule has 2 N–H and O–H groups in total. The average Bonchev–Trinajstić information content (AvgIpc) is 2.01. The SMILES string of the molecule is Cc1cc(Cl)ccc1[C@@H](N)CC(F)F.Cl. The summed E-state index contributed by atoms with van der Waals surface area (Å²) in [5.74, 6) is 0. The molecule has 0 fully saturated rings. The Morgan fingerprint density at radius 3 is 2.47 bits per heavy atom. The van der Waals surface area contributed by atoms with Crippen molar-refractivity contribution in [2.24, 2.45) is 5.73 Å². The number of hydrogen-bond acceptors (Lipinski definition) is 1. The topological polar surface area (TPSA) is 26.0 Å². The van der Waals surface area contributed by atoms with Crippen molar-refractivity contribution in [3.05, 3.63) is 34.3 Å². The molecular weight excluding hydrogens is 243 g/mol. The van der Waals surface area contributed by atoms with Crippen LogP contribution in [0.2, 0.25) is 5.02 Å². The highest BCUT2D eigenvalue weighted by molar-refractivity contribution is 6.30. The van der Waals surface area contributed by atoms with Crippen molar-refractivity contribution in [2.75, 3.05) is 0 Å². The number of halogens is 4. The molecule has 1 aromatic carbocycles. The molecule has 0 saturated heterocycles. The van der Waals surface area contributed by atoms with Gasteiger partial charge in [0.05, 0.1) is 0 Å². The predicted molar refractivity (Wildman–Crippen MR) is 61.0 cm³/mol. The normalized spacial score (nSPS) is 12.4. The number of rotatable bonds is 3. The highest BCUT2D eigenvalue weighted by Crippen LogP contribution is 2.23. The van der Waals surface area contributed by atoms with Crippen molar-refractivity contribution in [1.82, 2.24) is 0 Å². The van der Waals surface area contributed by atoms with Crippen molar-refractivity contribution in [3.63, 3.8) is 0 Å². The first-order chi connectivity index (χ1) is 6.50. The van der Waals surface area contributed by atoms with Gasteiger partial charge in [0.25, 0.3) is 0 Å². The van der Waals surface area contributed by atoms with E-state index in [0.29, 0.717) is 5.02 Å². The van der Waals surface area contributed by atoms with Crippen molar-refractivity contribution in [1.29, 1.82) is 0 Å². The van der Waals surface area contributed by atoms with Crippen LogP contribution >= 0.6 is 24.0 Å². The smallest absolute Gasteiger partial charge is 0.240 e. The van der Waals surface area contributed by atoms with Gasteiger partial charge in [-0.15, -0.1) is 12.4 Å². The van der Waals surface area contributed by atoms with Gasteiger partial charge in [0.15, 0.2) is 0 Å². The summed E-state index contributed by atoms with van der Waals surface area (Å²) in [6, 6.07) is 4.47. The zero-order chi connectivity index (χ0) is 10.7. The molecule has 15 heavy (non-hydrogen) atoms. The number of alkyl halides is 2. The molecule has 0 heterocycles. The second-order valence-corrected chi connectivity index (χ2v) is 3.67. The van der Waals surface area contributed by atoms with Gasteiger partial charge in [0, 0.05) is 17.5 Å². The molecule has 0 unspecified atom stereocenters. The van der Waals surface area contributed by atoms with E-state index in [1.54, 1.807) is 18.2 Å². The van der Waals surface area contributed by atoms with Crippen LogP contribution in [0, 0.1) is 6.92 Å². The van der Waals surface area contributed by atoms with E-state index in [-0.39, 0.29) is 18.8 Å². The molecule has 0 saturated carbocycles. The van der Waals surface area contributed by atoms with Crippen LogP contribution in [-0.4, -0.2) is 6.43 Å². The third-order valence-corrected chi connectivity index (χ3v) is 2.30. The van der Waals surface area contributed by atoms with E-state index in [4.69, 9.17) is 17.3 Å². The minimum atomic E-state index is -2.37. The quantitative estimate of drug-likeness (QED) is 0.876. The van der Waals surface area contributed by atoms with Crippen LogP contribution in [0.5, 0.6) is 0 Å². The van der Waals surface area contributed by atoms with E-state index in [2.05, 4.69) is 0 Å². The fourth-order valence-electron chi connectivity index (χ4n) is 1.37. The van der Waals surface area contributed by atoms with Crippen LogP contribution in [0.25, 0.3) is 0 Å². The van der Waals surface area contributed by atoms with Gasteiger partial charge in [-0.25, -0.2) is 8.78 Å². The van der Waals surface area contributed by atoms with E-state index < -0.39 is 12.5 Å². The van der Waals surface area contributed by atoms with Gasteiger partial charge >= 0.3 is 0 Å². The molecule has 0 spiro atoms. The molecule has 0 radical (unpaired) electrons. The summed E-state index contributed by atoms with van der Waals surface area (Å²) in [4.78, 5) is 0. The number of aryl methyl sites for hydroxylation is 1. The molecule has 1 nitrogen and oxygen atoms in total. The number of hydrogen-bond donors (Lipinski definition) is 1. The van der Waals surface area contributed by atoms with Crippen LogP contribution in [-0.2, 0) is 0 Å². The summed E-state index contributed by atoms with van der Waals surface area (Å²) in [6.07, 6.45) is -2.69. The number of nitrogens with two attached hydrogens (primary N) is 1. The van der Waals surface area contributed by atoms with Gasteiger partial charge in [-0.3, -0.25) is 0 Å². The first-order valence-electron chi connectivity index (χ1n) is 4.30. The van der Waals surface area contributed by atoms with Gasteiger partial charge in [0.1, 0.15) is 0 Å². The second-order valence-electron chi connectivity index (χ2n) is 3.23. The lowest BCUT2D eigenvalue weighted by Crippen LogP contribution is -2.15. The molecule has 0 bridgehead atoms. The molecule has 0 aliphatic carbocycles. The third kappa shape index (κ3) is 4.33. The summed E-state index contributed by atoms with van der Waals surface area (Å²) in [5.41, 5.74) is 7.21. The molecule has 5 heteroatoms. The van der Waals surface area contributed by atoms with Gasteiger partial charge in [-0.05, 0) is 30.2 Å². The molecule has 86 valence electrons. The lowest BCUT2D eigenvalue weighted by molar-refractivity contribution is 0.128. The van der Waals surface area contributed by atoms with Crippen molar-refractivity contribution >= 4 is 24.0 Å². The maximum atomic E-state index is 12.1. The first-order valence-corrected chi connectivity index (χ1v) is 4.68. The highest BCUT2D eigenvalue weighted by Gasteiger charge is 2.14. The Balaban J connectivity index is 0.00000196. The monoisotopic (exact) mass is 255 g/mol. The van der Waals surface area contributed by atoms with Gasteiger partial charge < -0.3 is 5.73 Å². The molecule has 0 aliphatic rings. The Morgan fingerprint density at radius 2 is 2.00 bits per heavy atom. The van der Waals surface area contributed by atoms with Crippen LogP contribution in [0.4, 0.5) is 8.78 Å². The third-order valence-electron chi connectivity index (χ3n) is 2.06. The van der Waals surface area contributed by atoms with Gasteiger partial charge in [-0.1, -0.05) is 17.7 Å². The van der Waals surface area contributed by atoms with Crippen LogP contribution < -0.4 is 5.73 Å². The van der Waals surface area contributed by atoms with Crippen molar-refractivity contribution in [2.45, 2.75) is 25.8 Å². The number of benzene rings is 1. The zero-order valence-electron chi connectivity index (χ0n) is 8.21. The highest BCUT2D eigenvalue weighted by atomic mass is 35.5. The molecule has 0 amide bonds. The standard InChI is InChI=1S/C10H12ClF2N.ClH/c1-6-4-7(11)2-3-8(6)9(14)5-10(12)13;/h2-4,9-10H,5,14H2,1H3;1H/t9-;/m0./s1. The first kappa shape index (κ1) is 14.6. The Labute approximate surface area is 99.0 Å². The Hall–Kier alpha value is -0.380. The minimum Gasteiger partial charge on any atom is -0.324 e. The van der Waals surface area contributed by atoms with Crippen molar-refractivity contribution < 1.29 is 8.78 Å². The fourth-order valence-corrected chi connectivity index (χ4v) is 1.60. The summed E-state index contributed by atoms with van der Waals surface area (Å²) in [6.45, 7) is 1.81. The summed E-state index contributed by atoms with van der Waals surface area (Å²) in [7, 11) is 0. The molecule has 1 rings (SSSR count). The zero-order valence-corrected chi connectivity index (χ0v) is 9.79. The molecule has 0 aliphatic heterocycles. The van der Waals surface area contributed by atoms with E-state index in [9.17, 15) is 8.78 Å². The summed E-state index contributed by atoms with van der Waals surface area (Å²) >= 11 is 5.74. The largest absolute Gasteiger partial charge is 0.324 e. The van der Waals surface area contributed by atoms with Crippen LogP contribution in [0.3, 0.4) is 0 Å². The minimum absolute atomic E-state index is 0. The summed E-state index contributed by atoms with van der Waals surface area (Å²) < 4.78 is 24.2. The van der Waals surface area contributed by atoms with E-state index in [0.717, 1.165) is 11.1 Å². The maximum absolute atomic E-state index is 12.1. The van der Waals surface area contributed by atoms with Crippen molar-refractivity contribution in [3.8, 4) is 0 Å². The molecular formula is C10H13Cl2F2N. The second kappa shape index (κ2) is 6.26. The Bertz CT molecular complexity index is 318. The van der Waals surface area contributed by atoms with E-state index in [1.807, 2.05) is 6.92 Å². The Morgan fingerprint density at radius 1 is 1.40 bits per heavy atom. The lowest BCUT2D eigenvalue weighted by atomic mass is 10.00. The Kier molecular flexibility index (Phi) is 6.10. The van der Waals surface area contributed by atoms with Crippen LogP contribution in [0.15, 0.2) is 18.2 Å². The lowest BCUT2D eigenvalue weighted by Gasteiger charge is -2.14. The summed E-state index contributed by atoms with van der Waals surface area (Å²) in [5, 5.41) is 0.593. The molecule has 1 aromatic rings. The average molecular weight is 256 g/mol. The van der Waals surface area contributed by atoms with E-state index in [1.165, 1.54) is 0 Å². The van der Waals surface area contributed by atoms with Gasteiger partial charge in [-0.2, -0.15) is 0 Å². The van der Waals surface area contributed by atoms with Gasteiger partial charge in [0.2, 0.25) is 6.43 Å². The fraction of sp³-hybridized carbons (Fsp3) is 0.400. The maximum Gasteiger partial charge on any atom is 0.240 e. The predicted octanol–water partition coefficient (Wildman–Crippen LogP) is 3.73. The molecule has 0 aromatic heterocycles. The molecule has 1 atom stereocenters. The van der Waals surface area contributed by atoms with E-state index >= 15 is 0 Å².